The molecule has 0 bridgehead atoms. The van der Waals surface area contributed by atoms with Gasteiger partial charge in [0.15, 0.2) is 5.82 Å². The Kier molecular flexibility index (Phi) is 5.89. The van der Waals surface area contributed by atoms with Crippen LogP contribution >= 0.6 is 0 Å². The number of halogens is 2. The number of carbonyl (C=O) groups is 2. The molecule has 3 aromatic rings. The highest BCUT2D eigenvalue weighted by Crippen LogP contribution is 2.33. The largest absolute Gasteiger partial charge is 0.418 e. The summed E-state index contributed by atoms with van der Waals surface area (Å²) in [5.74, 6) is -2.26. The van der Waals surface area contributed by atoms with Crippen LogP contribution in [0.5, 0.6) is 0 Å². The maximum atomic E-state index is 14.1. The van der Waals surface area contributed by atoms with Crippen LogP contribution in [0.4, 0.5) is 26.2 Å². The summed E-state index contributed by atoms with van der Waals surface area (Å²) in [4.78, 5) is 27.2. The van der Waals surface area contributed by atoms with Gasteiger partial charge in [-0.1, -0.05) is 6.07 Å². The summed E-state index contributed by atoms with van der Waals surface area (Å²) in [5, 5.41) is 11.4. The molecule has 4 N–H and O–H groups in total. The number of hydrogen-bond donors (Lipinski definition) is 4. The molecule has 31 heavy (non-hydrogen) atoms. The molecule has 1 fully saturated rings. The number of oxazole rings is 1. The van der Waals surface area contributed by atoms with Crippen molar-refractivity contribution in [1.29, 1.82) is 0 Å². The van der Waals surface area contributed by atoms with Crippen molar-refractivity contribution in [3.63, 3.8) is 0 Å². The minimum Gasteiger partial charge on any atom is -0.418 e. The van der Waals surface area contributed by atoms with Crippen LogP contribution in [0.2, 0.25) is 0 Å². The van der Waals surface area contributed by atoms with Gasteiger partial charge in [0.2, 0.25) is 18.2 Å². The van der Waals surface area contributed by atoms with E-state index in [2.05, 4.69) is 26.3 Å². The lowest BCUT2D eigenvalue weighted by molar-refractivity contribution is -0.105. The lowest BCUT2D eigenvalue weighted by Gasteiger charge is -2.11. The van der Waals surface area contributed by atoms with Gasteiger partial charge in [-0.25, -0.2) is 8.78 Å². The van der Waals surface area contributed by atoms with Crippen molar-refractivity contribution in [2.24, 2.45) is 0 Å². The number of anilines is 3. The van der Waals surface area contributed by atoms with E-state index in [9.17, 15) is 18.4 Å². The third-order valence-corrected chi connectivity index (χ3v) is 4.80. The molecule has 2 aromatic carbocycles. The fourth-order valence-electron chi connectivity index (χ4n) is 3.25. The third kappa shape index (κ3) is 4.53. The van der Waals surface area contributed by atoms with E-state index >= 15 is 0 Å². The van der Waals surface area contributed by atoms with E-state index in [1.165, 1.54) is 6.07 Å². The summed E-state index contributed by atoms with van der Waals surface area (Å²) in [6.45, 7) is 1.62. The van der Waals surface area contributed by atoms with E-state index < -0.39 is 17.2 Å². The van der Waals surface area contributed by atoms with E-state index in [-0.39, 0.29) is 29.5 Å². The number of hydrogen-bond acceptors (Lipinski definition) is 6. The standard InChI is InChI=1S/C21H19F2N5O3/c22-15-2-1-3-16(23)17(15)20-28-18(25-11-29)21(31-20)27-13-6-4-12(5-7-13)19(30)26-14-8-9-24-10-14/h1-7,11,14,24,27H,8-10H2,(H,25,29)(H,26,30)/t14-/m1/s1. The molecule has 1 atom stereocenters. The molecular weight excluding hydrogens is 408 g/mol. The van der Waals surface area contributed by atoms with Gasteiger partial charge in [-0.2, -0.15) is 4.98 Å². The predicted molar refractivity (Wildman–Crippen MR) is 110 cm³/mol. The Bertz CT molecular complexity index is 1070. The van der Waals surface area contributed by atoms with Gasteiger partial charge in [0, 0.05) is 23.8 Å². The van der Waals surface area contributed by atoms with Crippen LogP contribution in [0.25, 0.3) is 11.5 Å². The smallest absolute Gasteiger partial charge is 0.251 e. The Labute approximate surface area is 176 Å². The molecule has 1 aliphatic rings. The van der Waals surface area contributed by atoms with Gasteiger partial charge in [0.05, 0.1) is 0 Å². The zero-order chi connectivity index (χ0) is 21.8. The molecule has 1 aliphatic heterocycles. The number of benzene rings is 2. The van der Waals surface area contributed by atoms with Crippen molar-refractivity contribution >= 4 is 29.7 Å². The second-order valence-corrected chi connectivity index (χ2v) is 6.92. The Morgan fingerprint density at radius 2 is 1.90 bits per heavy atom. The summed E-state index contributed by atoms with van der Waals surface area (Å²) in [6.07, 6.45) is 1.25. The first-order valence-electron chi connectivity index (χ1n) is 9.59. The summed E-state index contributed by atoms with van der Waals surface area (Å²) in [6, 6.07) is 10.0. The minimum atomic E-state index is -0.849. The predicted octanol–water partition coefficient (Wildman–Crippen LogP) is 3.02. The first-order chi connectivity index (χ1) is 15.0. The summed E-state index contributed by atoms with van der Waals surface area (Å²) in [7, 11) is 0. The highest BCUT2D eigenvalue weighted by atomic mass is 19.1. The summed E-state index contributed by atoms with van der Waals surface area (Å²) < 4.78 is 33.6. The van der Waals surface area contributed by atoms with E-state index in [0.717, 1.165) is 31.6 Å². The number of aromatic nitrogens is 1. The van der Waals surface area contributed by atoms with Gasteiger partial charge >= 0.3 is 0 Å². The van der Waals surface area contributed by atoms with E-state index in [4.69, 9.17) is 4.42 Å². The van der Waals surface area contributed by atoms with Crippen LogP contribution in [0.15, 0.2) is 46.9 Å². The van der Waals surface area contributed by atoms with E-state index in [0.29, 0.717) is 17.7 Å². The monoisotopic (exact) mass is 427 g/mol. The maximum absolute atomic E-state index is 14.1. The summed E-state index contributed by atoms with van der Waals surface area (Å²) in [5.41, 5.74) is 0.554. The second-order valence-electron chi connectivity index (χ2n) is 6.92. The molecule has 1 saturated heterocycles. The number of carbonyl (C=O) groups excluding carboxylic acids is 2. The highest BCUT2D eigenvalue weighted by molar-refractivity contribution is 5.95. The Morgan fingerprint density at radius 3 is 2.55 bits per heavy atom. The molecule has 8 nitrogen and oxygen atoms in total. The molecule has 10 heteroatoms. The van der Waals surface area contributed by atoms with E-state index in [1.807, 2.05) is 0 Å². The van der Waals surface area contributed by atoms with Crippen LogP contribution in [0.1, 0.15) is 16.8 Å². The SMILES string of the molecule is O=CNc1nc(-c2c(F)cccc2F)oc1Nc1ccc(C(=O)N[C@@H]2CCNC2)cc1. The zero-order valence-corrected chi connectivity index (χ0v) is 16.2. The molecule has 1 aromatic heterocycles. The van der Waals surface area contributed by atoms with Crippen molar-refractivity contribution in [1.82, 2.24) is 15.6 Å². The molecule has 0 saturated carbocycles. The third-order valence-electron chi connectivity index (χ3n) is 4.80. The number of rotatable bonds is 7. The fraction of sp³-hybridized carbons (Fsp3) is 0.190. The van der Waals surface area contributed by atoms with Gasteiger partial charge in [-0.3, -0.25) is 9.59 Å². The second kappa shape index (κ2) is 8.92. The quantitative estimate of drug-likeness (QED) is 0.432. The Hall–Kier alpha value is -3.79. The Morgan fingerprint density at radius 1 is 1.16 bits per heavy atom. The first-order valence-corrected chi connectivity index (χ1v) is 9.59. The van der Waals surface area contributed by atoms with Crippen LogP contribution in [0.3, 0.4) is 0 Å². The highest BCUT2D eigenvalue weighted by Gasteiger charge is 2.21. The van der Waals surface area contributed by atoms with E-state index in [1.54, 1.807) is 24.3 Å². The molecule has 2 amide bonds. The van der Waals surface area contributed by atoms with Crippen molar-refractivity contribution in [2.75, 3.05) is 23.7 Å². The van der Waals surface area contributed by atoms with Crippen molar-refractivity contribution in [2.45, 2.75) is 12.5 Å². The fourth-order valence-corrected chi connectivity index (χ4v) is 3.25. The molecule has 0 spiro atoms. The van der Waals surface area contributed by atoms with Gasteiger partial charge in [0.25, 0.3) is 5.91 Å². The lowest BCUT2D eigenvalue weighted by atomic mass is 10.1. The molecule has 0 unspecified atom stereocenters. The Balaban J connectivity index is 1.53. The number of nitrogens with zero attached hydrogens (tertiary/aromatic N) is 1. The van der Waals surface area contributed by atoms with Crippen LogP contribution in [-0.2, 0) is 4.79 Å². The maximum Gasteiger partial charge on any atom is 0.251 e. The molecule has 160 valence electrons. The topological polar surface area (TPSA) is 108 Å². The molecule has 0 radical (unpaired) electrons. The zero-order valence-electron chi connectivity index (χ0n) is 16.2. The first kappa shape index (κ1) is 20.5. The van der Waals surface area contributed by atoms with Gasteiger partial charge < -0.3 is 25.7 Å². The number of amides is 2. The molecule has 0 aliphatic carbocycles. The van der Waals surface area contributed by atoms with Crippen molar-refractivity contribution in [3.05, 3.63) is 59.7 Å². The van der Waals surface area contributed by atoms with Crippen molar-refractivity contribution in [3.8, 4) is 11.5 Å². The molecule has 4 rings (SSSR count). The number of nitrogens with one attached hydrogen (secondary N) is 4. The van der Waals surface area contributed by atoms with Crippen LogP contribution < -0.4 is 21.3 Å². The minimum absolute atomic E-state index is 0.0148. The summed E-state index contributed by atoms with van der Waals surface area (Å²) >= 11 is 0. The normalized spacial score (nSPS) is 15.5. The van der Waals surface area contributed by atoms with Gasteiger partial charge in [0.1, 0.15) is 17.2 Å². The lowest BCUT2D eigenvalue weighted by Crippen LogP contribution is -2.36. The van der Waals surface area contributed by atoms with Crippen LogP contribution in [-0.4, -0.2) is 36.4 Å². The molecule has 2 heterocycles. The van der Waals surface area contributed by atoms with Gasteiger partial charge in [-0.05, 0) is 49.4 Å². The van der Waals surface area contributed by atoms with Crippen LogP contribution in [0, 0.1) is 11.6 Å². The molecular formula is C21H19F2N5O3. The average Bonchev–Trinajstić information content (AvgIpc) is 3.39. The van der Waals surface area contributed by atoms with Crippen molar-refractivity contribution < 1.29 is 22.8 Å². The average molecular weight is 427 g/mol. The van der Waals surface area contributed by atoms with Gasteiger partial charge in [-0.15, -0.1) is 0 Å².